The van der Waals surface area contributed by atoms with Crippen LogP contribution in [-0.2, 0) is 0 Å². The molecular weight excluding hydrogens is 297 g/mol. The normalized spacial score (nSPS) is 11.0. The SMILES string of the molecule is Cc1cc(Nc2cc(Cl)cc(Cl)c2)n2nc(C)nc2n1. The van der Waals surface area contributed by atoms with Crippen LogP contribution in [0.5, 0.6) is 0 Å². The summed E-state index contributed by atoms with van der Waals surface area (Å²) < 4.78 is 1.65. The Bertz CT molecular complexity index is 777. The van der Waals surface area contributed by atoms with Gasteiger partial charge in [0, 0.05) is 27.5 Å². The second-order valence-electron chi connectivity index (χ2n) is 4.44. The van der Waals surface area contributed by atoms with Crippen LogP contribution >= 0.6 is 23.2 Å². The van der Waals surface area contributed by atoms with Gasteiger partial charge in [0.05, 0.1) is 0 Å². The first-order valence-electron chi connectivity index (χ1n) is 5.95. The number of fused-ring (bicyclic) bond motifs is 1. The second kappa shape index (κ2) is 4.92. The number of rotatable bonds is 2. The Morgan fingerprint density at radius 3 is 2.40 bits per heavy atom. The van der Waals surface area contributed by atoms with E-state index in [9.17, 15) is 0 Å². The Balaban J connectivity index is 2.09. The molecule has 0 aliphatic heterocycles. The van der Waals surface area contributed by atoms with Crippen LogP contribution in [0.15, 0.2) is 24.3 Å². The van der Waals surface area contributed by atoms with E-state index in [0.717, 1.165) is 17.2 Å². The molecule has 0 aliphatic rings. The zero-order chi connectivity index (χ0) is 14.3. The molecule has 20 heavy (non-hydrogen) atoms. The third-order valence-electron chi connectivity index (χ3n) is 2.68. The molecule has 0 radical (unpaired) electrons. The first-order valence-corrected chi connectivity index (χ1v) is 6.71. The molecule has 3 rings (SSSR count). The van der Waals surface area contributed by atoms with E-state index in [2.05, 4.69) is 20.4 Å². The number of benzene rings is 1. The highest BCUT2D eigenvalue weighted by Crippen LogP contribution is 2.25. The van der Waals surface area contributed by atoms with Crippen LogP contribution in [0, 0.1) is 13.8 Å². The van der Waals surface area contributed by atoms with Gasteiger partial charge in [-0.05, 0) is 32.0 Å². The van der Waals surface area contributed by atoms with Gasteiger partial charge >= 0.3 is 0 Å². The fourth-order valence-electron chi connectivity index (χ4n) is 1.95. The number of aryl methyl sites for hydroxylation is 2. The second-order valence-corrected chi connectivity index (χ2v) is 5.31. The van der Waals surface area contributed by atoms with Crippen molar-refractivity contribution in [3.63, 3.8) is 0 Å². The number of halogens is 2. The van der Waals surface area contributed by atoms with Gasteiger partial charge in [0.25, 0.3) is 5.78 Å². The third-order valence-corrected chi connectivity index (χ3v) is 3.12. The van der Waals surface area contributed by atoms with Crippen LogP contribution < -0.4 is 5.32 Å². The van der Waals surface area contributed by atoms with E-state index >= 15 is 0 Å². The van der Waals surface area contributed by atoms with Gasteiger partial charge in [-0.2, -0.15) is 9.50 Å². The molecule has 0 aliphatic carbocycles. The highest BCUT2D eigenvalue weighted by molar-refractivity contribution is 6.35. The molecule has 0 unspecified atom stereocenters. The average molecular weight is 308 g/mol. The maximum atomic E-state index is 6.00. The van der Waals surface area contributed by atoms with Crippen molar-refractivity contribution >= 4 is 40.5 Å². The van der Waals surface area contributed by atoms with Crippen LogP contribution in [0.4, 0.5) is 11.5 Å². The number of anilines is 2. The molecule has 0 amide bonds. The lowest BCUT2D eigenvalue weighted by atomic mass is 10.3. The summed E-state index contributed by atoms with van der Waals surface area (Å²) in [4.78, 5) is 8.59. The van der Waals surface area contributed by atoms with Crippen LogP contribution in [0.25, 0.3) is 5.78 Å². The topological polar surface area (TPSA) is 55.1 Å². The van der Waals surface area contributed by atoms with E-state index in [1.807, 2.05) is 19.9 Å². The molecular formula is C13H11Cl2N5. The smallest absolute Gasteiger partial charge is 0.254 e. The largest absolute Gasteiger partial charge is 0.340 e. The zero-order valence-corrected chi connectivity index (χ0v) is 12.4. The molecule has 2 aromatic heterocycles. The molecule has 0 bridgehead atoms. The van der Waals surface area contributed by atoms with E-state index in [1.165, 1.54) is 0 Å². The van der Waals surface area contributed by atoms with Gasteiger partial charge in [-0.25, -0.2) is 4.98 Å². The summed E-state index contributed by atoms with van der Waals surface area (Å²) >= 11 is 12.0. The van der Waals surface area contributed by atoms with Crippen molar-refractivity contribution in [1.29, 1.82) is 0 Å². The van der Waals surface area contributed by atoms with Gasteiger partial charge in [0.15, 0.2) is 0 Å². The molecule has 3 aromatic rings. The number of aromatic nitrogens is 4. The van der Waals surface area contributed by atoms with E-state index in [-0.39, 0.29) is 0 Å². The fourth-order valence-corrected chi connectivity index (χ4v) is 2.48. The predicted octanol–water partition coefficient (Wildman–Crippen LogP) is 3.79. The van der Waals surface area contributed by atoms with Crippen LogP contribution in [0.1, 0.15) is 11.5 Å². The van der Waals surface area contributed by atoms with E-state index < -0.39 is 0 Å². The van der Waals surface area contributed by atoms with Crippen LogP contribution in [-0.4, -0.2) is 19.6 Å². The number of nitrogens with one attached hydrogen (secondary N) is 1. The molecule has 0 atom stereocenters. The highest BCUT2D eigenvalue weighted by atomic mass is 35.5. The minimum atomic E-state index is 0.554. The van der Waals surface area contributed by atoms with Crippen molar-refractivity contribution in [3.05, 3.63) is 45.8 Å². The molecule has 102 valence electrons. The Kier molecular flexibility index (Phi) is 3.23. The lowest BCUT2D eigenvalue weighted by molar-refractivity contribution is 0.917. The summed E-state index contributed by atoms with van der Waals surface area (Å²) in [5.74, 6) is 1.97. The van der Waals surface area contributed by atoms with Crippen molar-refractivity contribution in [2.24, 2.45) is 0 Å². The monoisotopic (exact) mass is 307 g/mol. The van der Waals surface area contributed by atoms with Crippen molar-refractivity contribution < 1.29 is 0 Å². The molecule has 7 heteroatoms. The fraction of sp³-hybridized carbons (Fsp3) is 0.154. The molecule has 0 saturated heterocycles. The molecule has 0 spiro atoms. The molecule has 5 nitrogen and oxygen atoms in total. The van der Waals surface area contributed by atoms with Gasteiger partial charge in [0.1, 0.15) is 11.6 Å². The average Bonchev–Trinajstić information content (AvgIpc) is 2.68. The number of nitrogens with zero attached hydrogens (tertiary/aromatic N) is 4. The first kappa shape index (κ1) is 13.1. The van der Waals surface area contributed by atoms with Crippen molar-refractivity contribution in [3.8, 4) is 0 Å². The van der Waals surface area contributed by atoms with Gasteiger partial charge in [0.2, 0.25) is 0 Å². The van der Waals surface area contributed by atoms with E-state index in [0.29, 0.717) is 21.6 Å². The highest BCUT2D eigenvalue weighted by Gasteiger charge is 2.08. The summed E-state index contributed by atoms with van der Waals surface area (Å²) in [6.45, 7) is 3.73. The minimum Gasteiger partial charge on any atom is -0.340 e. The Morgan fingerprint density at radius 2 is 1.70 bits per heavy atom. The lowest BCUT2D eigenvalue weighted by Crippen LogP contribution is -2.02. The quantitative estimate of drug-likeness (QED) is 0.782. The summed E-state index contributed by atoms with van der Waals surface area (Å²) in [7, 11) is 0. The van der Waals surface area contributed by atoms with Crippen LogP contribution in [0.2, 0.25) is 10.0 Å². The van der Waals surface area contributed by atoms with Gasteiger partial charge in [-0.1, -0.05) is 23.2 Å². The summed E-state index contributed by atoms with van der Waals surface area (Å²) in [6, 6.07) is 7.15. The molecule has 0 fully saturated rings. The third kappa shape index (κ3) is 2.55. The van der Waals surface area contributed by atoms with Crippen molar-refractivity contribution in [1.82, 2.24) is 19.6 Å². The molecule has 1 N–H and O–H groups in total. The van der Waals surface area contributed by atoms with Crippen LogP contribution in [0.3, 0.4) is 0 Å². The van der Waals surface area contributed by atoms with E-state index in [1.54, 1.807) is 22.7 Å². The Hall–Kier alpha value is -1.85. The number of hydrogen-bond donors (Lipinski definition) is 1. The summed E-state index contributed by atoms with van der Waals surface area (Å²) in [5.41, 5.74) is 1.63. The Morgan fingerprint density at radius 1 is 1.00 bits per heavy atom. The Labute approximate surface area is 125 Å². The maximum Gasteiger partial charge on any atom is 0.254 e. The van der Waals surface area contributed by atoms with Crippen molar-refractivity contribution in [2.45, 2.75) is 13.8 Å². The van der Waals surface area contributed by atoms with Gasteiger partial charge in [-0.15, -0.1) is 5.10 Å². The van der Waals surface area contributed by atoms with Crippen molar-refractivity contribution in [2.75, 3.05) is 5.32 Å². The maximum absolute atomic E-state index is 6.00. The summed E-state index contributed by atoms with van der Waals surface area (Å²) in [6.07, 6.45) is 0. The number of hydrogen-bond acceptors (Lipinski definition) is 4. The summed E-state index contributed by atoms with van der Waals surface area (Å²) in [5, 5.41) is 8.68. The molecule has 0 saturated carbocycles. The zero-order valence-electron chi connectivity index (χ0n) is 10.9. The predicted molar refractivity (Wildman–Crippen MR) is 80.0 cm³/mol. The standard InChI is InChI=1S/C13H11Cl2N5/c1-7-3-12(20-13(16-7)17-8(2)19-20)18-11-5-9(14)4-10(15)6-11/h3-6,18H,1-2H3. The first-order chi connectivity index (χ1) is 9.51. The van der Waals surface area contributed by atoms with Gasteiger partial charge < -0.3 is 5.32 Å². The van der Waals surface area contributed by atoms with E-state index in [4.69, 9.17) is 23.2 Å². The molecule has 2 heterocycles. The molecule has 1 aromatic carbocycles. The lowest BCUT2D eigenvalue weighted by Gasteiger charge is -2.09. The van der Waals surface area contributed by atoms with Gasteiger partial charge in [-0.3, -0.25) is 0 Å². The minimum absolute atomic E-state index is 0.554.